The van der Waals surface area contributed by atoms with E-state index in [0.29, 0.717) is 0 Å². The number of pyridine rings is 1. The first-order valence-corrected chi connectivity index (χ1v) is 6.80. The summed E-state index contributed by atoms with van der Waals surface area (Å²) in [6.07, 6.45) is 4.83. The maximum absolute atomic E-state index is 12.6. The highest BCUT2D eigenvalue weighted by molar-refractivity contribution is 6.01. The van der Waals surface area contributed by atoms with Crippen molar-refractivity contribution in [2.75, 3.05) is 0 Å². The van der Waals surface area contributed by atoms with Gasteiger partial charge in [-0.3, -0.25) is 9.78 Å². The van der Waals surface area contributed by atoms with Crippen LogP contribution in [0, 0.1) is 6.92 Å². The molecular weight excluding hydrogens is 234 g/mol. The van der Waals surface area contributed by atoms with Gasteiger partial charge in [-0.1, -0.05) is 24.3 Å². The van der Waals surface area contributed by atoms with Crippen LogP contribution in [0.1, 0.15) is 45.9 Å². The van der Waals surface area contributed by atoms with Crippen molar-refractivity contribution in [3.05, 3.63) is 65.0 Å². The van der Waals surface area contributed by atoms with Crippen LogP contribution >= 0.6 is 0 Å². The predicted molar refractivity (Wildman–Crippen MR) is 75.4 cm³/mol. The second-order valence-electron chi connectivity index (χ2n) is 5.20. The molecule has 1 aromatic carbocycles. The van der Waals surface area contributed by atoms with Crippen LogP contribution < -0.4 is 0 Å². The average molecular weight is 251 g/mol. The van der Waals surface area contributed by atoms with Gasteiger partial charge >= 0.3 is 0 Å². The molecule has 0 aliphatic heterocycles. The van der Waals surface area contributed by atoms with Crippen LogP contribution in [0.15, 0.2) is 42.6 Å². The van der Waals surface area contributed by atoms with Crippen molar-refractivity contribution in [3.63, 3.8) is 0 Å². The molecule has 0 radical (unpaired) electrons. The fourth-order valence-electron chi connectivity index (χ4n) is 2.84. The highest BCUT2D eigenvalue weighted by atomic mass is 16.1. The Morgan fingerprint density at radius 3 is 2.84 bits per heavy atom. The number of rotatable bonds is 2. The first kappa shape index (κ1) is 12.1. The normalized spacial score (nSPS) is 17.8. The third-order valence-electron chi connectivity index (χ3n) is 3.88. The molecule has 0 saturated heterocycles. The number of hydrogen-bond donors (Lipinski definition) is 0. The molecule has 0 fully saturated rings. The molecule has 1 aliphatic carbocycles. The Kier molecular flexibility index (Phi) is 3.16. The molecule has 0 spiro atoms. The molecule has 3 rings (SSSR count). The first-order valence-electron chi connectivity index (χ1n) is 6.80. The van der Waals surface area contributed by atoms with Crippen molar-refractivity contribution in [1.29, 1.82) is 0 Å². The highest BCUT2D eigenvalue weighted by Gasteiger charge is 2.26. The van der Waals surface area contributed by atoms with E-state index >= 15 is 0 Å². The Balaban J connectivity index is 1.95. The van der Waals surface area contributed by atoms with Gasteiger partial charge in [0, 0.05) is 23.4 Å². The van der Waals surface area contributed by atoms with Crippen LogP contribution in [0.4, 0.5) is 0 Å². The number of fused-ring (bicyclic) bond motifs is 1. The Morgan fingerprint density at radius 2 is 2.05 bits per heavy atom. The van der Waals surface area contributed by atoms with Crippen molar-refractivity contribution in [1.82, 2.24) is 4.98 Å². The number of carbonyl (C=O) groups is 1. The number of aryl methyl sites for hydroxylation is 2. The van der Waals surface area contributed by atoms with Crippen LogP contribution in [0.3, 0.4) is 0 Å². The number of hydrogen-bond acceptors (Lipinski definition) is 2. The summed E-state index contributed by atoms with van der Waals surface area (Å²) in [6, 6.07) is 12.1. The van der Waals surface area contributed by atoms with Gasteiger partial charge in [-0.25, -0.2) is 0 Å². The van der Waals surface area contributed by atoms with E-state index < -0.39 is 0 Å². The van der Waals surface area contributed by atoms with Gasteiger partial charge in [0.1, 0.15) is 0 Å². The van der Waals surface area contributed by atoms with Gasteiger partial charge in [0.15, 0.2) is 5.78 Å². The summed E-state index contributed by atoms with van der Waals surface area (Å²) >= 11 is 0. The first-order chi connectivity index (χ1) is 9.25. The SMILES string of the molecule is Cc1ccc(C(=O)C2CCCc3ccccc32)cn1. The zero-order valence-electron chi connectivity index (χ0n) is 11.1. The minimum atomic E-state index is 0.00876. The van der Waals surface area contributed by atoms with Crippen molar-refractivity contribution < 1.29 is 4.79 Å². The van der Waals surface area contributed by atoms with Crippen molar-refractivity contribution in [2.24, 2.45) is 0 Å². The van der Waals surface area contributed by atoms with Crippen LogP contribution in [-0.2, 0) is 6.42 Å². The summed E-state index contributed by atoms with van der Waals surface area (Å²) in [5.41, 5.74) is 4.21. The molecule has 1 unspecified atom stereocenters. The molecule has 0 bridgehead atoms. The Labute approximate surface area is 113 Å². The van der Waals surface area contributed by atoms with Gasteiger partial charge < -0.3 is 0 Å². The van der Waals surface area contributed by atoms with E-state index in [-0.39, 0.29) is 11.7 Å². The Morgan fingerprint density at radius 1 is 1.21 bits per heavy atom. The molecule has 1 aromatic heterocycles. The van der Waals surface area contributed by atoms with Crippen molar-refractivity contribution in [3.8, 4) is 0 Å². The summed E-state index contributed by atoms with van der Waals surface area (Å²) in [6.45, 7) is 1.93. The van der Waals surface area contributed by atoms with Crippen molar-refractivity contribution in [2.45, 2.75) is 32.1 Å². The quantitative estimate of drug-likeness (QED) is 0.762. The van der Waals surface area contributed by atoms with E-state index in [1.165, 1.54) is 11.1 Å². The molecule has 0 saturated carbocycles. The number of carbonyl (C=O) groups excluding carboxylic acids is 1. The number of Topliss-reactive ketones (excluding diaryl/α,β-unsaturated/α-hetero) is 1. The smallest absolute Gasteiger partial charge is 0.171 e. The molecule has 19 heavy (non-hydrogen) atoms. The van der Waals surface area contributed by atoms with Crippen LogP contribution in [0.25, 0.3) is 0 Å². The third-order valence-corrected chi connectivity index (χ3v) is 3.88. The van der Waals surface area contributed by atoms with Gasteiger partial charge in [0.25, 0.3) is 0 Å². The lowest BCUT2D eigenvalue weighted by Gasteiger charge is -2.24. The minimum Gasteiger partial charge on any atom is -0.293 e. The number of nitrogens with zero attached hydrogens (tertiary/aromatic N) is 1. The average Bonchev–Trinajstić information content (AvgIpc) is 2.47. The molecule has 0 amide bonds. The molecule has 2 aromatic rings. The van der Waals surface area contributed by atoms with E-state index in [9.17, 15) is 4.79 Å². The molecule has 1 heterocycles. The van der Waals surface area contributed by atoms with Gasteiger partial charge in [-0.15, -0.1) is 0 Å². The molecule has 1 aliphatic rings. The van der Waals surface area contributed by atoms with Crippen molar-refractivity contribution >= 4 is 5.78 Å². The lowest BCUT2D eigenvalue weighted by molar-refractivity contribution is 0.0950. The number of ketones is 1. The van der Waals surface area contributed by atoms with E-state index in [1.54, 1.807) is 6.20 Å². The molecule has 2 nitrogen and oxygen atoms in total. The molecule has 96 valence electrons. The topological polar surface area (TPSA) is 30.0 Å². The number of aromatic nitrogens is 1. The second-order valence-corrected chi connectivity index (χ2v) is 5.20. The van der Waals surface area contributed by atoms with Gasteiger partial charge in [0.2, 0.25) is 0 Å². The molecule has 2 heteroatoms. The Hall–Kier alpha value is -1.96. The summed E-state index contributed by atoms with van der Waals surface area (Å²) in [7, 11) is 0. The van der Waals surface area contributed by atoms with E-state index in [1.807, 2.05) is 25.1 Å². The summed E-state index contributed by atoms with van der Waals surface area (Å²) in [5.74, 6) is 0.217. The maximum Gasteiger partial charge on any atom is 0.171 e. The van der Waals surface area contributed by atoms with E-state index in [4.69, 9.17) is 0 Å². The summed E-state index contributed by atoms with van der Waals surface area (Å²) in [5, 5.41) is 0. The lowest BCUT2D eigenvalue weighted by atomic mass is 9.79. The minimum absolute atomic E-state index is 0.00876. The monoisotopic (exact) mass is 251 g/mol. The zero-order chi connectivity index (χ0) is 13.2. The summed E-state index contributed by atoms with van der Waals surface area (Å²) in [4.78, 5) is 16.9. The standard InChI is InChI=1S/C17H17NO/c1-12-9-10-14(11-18-12)17(19)16-8-4-6-13-5-2-3-7-15(13)16/h2-3,5,7,9-11,16H,4,6,8H2,1H3. The second kappa shape index (κ2) is 4.96. The Bertz CT molecular complexity index is 601. The maximum atomic E-state index is 12.6. The molecule has 0 N–H and O–H groups in total. The third kappa shape index (κ3) is 2.30. The molecule has 1 atom stereocenters. The van der Waals surface area contributed by atoms with E-state index in [2.05, 4.69) is 23.2 Å². The predicted octanol–water partition coefficient (Wildman–Crippen LogP) is 3.69. The molecular formula is C17H17NO. The van der Waals surface area contributed by atoms with Crippen LogP contribution in [0.5, 0.6) is 0 Å². The largest absolute Gasteiger partial charge is 0.293 e. The van der Waals surface area contributed by atoms with Crippen LogP contribution in [-0.4, -0.2) is 10.8 Å². The highest BCUT2D eigenvalue weighted by Crippen LogP contribution is 2.33. The van der Waals surface area contributed by atoms with Gasteiger partial charge in [0.05, 0.1) is 0 Å². The lowest BCUT2D eigenvalue weighted by Crippen LogP contribution is -2.18. The fourth-order valence-corrected chi connectivity index (χ4v) is 2.84. The van der Waals surface area contributed by atoms with Gasteiger partial charge in [-0.2, -0.15) is 0 Å². The fraction of sp³-hybridized carbons (Fsp3) is 0.294. The van der Waals surface area contributed by atoms with Gasteiger partial charge in [-0.05, 0) is 49.4 Å². The zero-order valence-corrected chi connectivity index (χ0v) is 11.1. The summed E-state index contributed by atoms with van der Waals surface area (Å²) < 4.78 is 0. The number of benzene rings is 1. The van der Waals surface area contributed by atoms with Crippen LogP contribution in [0.2, 0.25) is 0 Å². The van der Waals surface area contributed by atoms with E-state index in [0.717, 1.165) is 30.5 Å².